The van der Waals surface area contributed by atoms with E-state index in [1.165, 1.54) is 12.1 Å². The van der Waals surface area contributed by atoms with Gasteiger partial charge in [-0.25, -0.2) is 4.57 Å². The molecule has 24 heavy (non-hydrogen) atoms. The molecule has 126 valence electrons. The van der Waals surface area contributed by atoms with Gasteiger partial charge in [-0.05, 0) is 48.7 Å². The smallest absolute Gasteiger partial charge is 0.404 e. The van der Waals surface area contributed by atoms with Crippen LogP contribution in [0, 0.1) is 0 Å². The van der Waals surface area contributed by atoms with E-state index in [0.29, 0.717) is 17.7 Å². The number of benzene rings is 2. The first-order valence-corrected chi connectivity index (χ1v) is 8.66. The number of anilines is 1. The first kappa shape index (κ1) is 17.9. The number of phosphoric acid groups is 1. The normalized spacial score (nSPS) is 11.0. The van der Waals surface area contributed by atoms with E-state index in [1.54, 1.807) is 31.2 Å². The fourth-order valence-electron chi connectivity index (χ4n) is 1.98. The fraction of sp³-hybridized carbons (Fsp3) is 0.118. The molecule has 0 aliphatic heterocycles. The van der Waals surface area contributed by atoms with Crippen molar-refractivity contribution in [3.05, 3.63) is 71.8 Å². The maximum atomic E-state index is 11.5. The van der Waals surface area contributed by atoms with E-state index in [-0.39, 0.29) is 11.7 Å². The Kier molecular flexibility index (Phi) is 5.57. The van der Waals surface area contributed by atoms with Crippen molar-refractivity contribution in [2.24, 2.45) is 0 Å². The molecule has 6 nitrogen and oxygen atoms in total. The van der Waals surface area contributed by atoms with Gasteiger partial charge < -0.3 is 9.84 Å². The summed E-state index contributed by atoms with van der Waals surface area (Å²) in [5.74, 6) is -0.103. The van der Waals surface area contributed by atoms with Crippen molar-refractivity contribution in [1.29, 1.82) is 0 Å². The van der Waals surface area contributed by atoms with Crippen molar-refractivity contribution < 1.29 is 23.7 Å². The van der Waals surface area contributed by atoms with Crippen molar-refractivity contribution >= 4 is 19.4 Å². The average Bonchev–Trinajstić information content (AvgIpc) is 2.49. The van der Waals surface area contributed by atoms with Crippen LogP contribution >= 0.6 is 7.82 Å². The standard InChI is InChI=1S/C17H18NO5P/c1-12(2)17(19)18-15-7-3-13(4-8-15)11-14-5-9-16(10-6-14)23-24(20,21)22/h3-10H,1,11H2,2H3,(H,18,19)(H2,20,21,22). The first-order chi connectivity index (χ1) is 11.2. The van der Waals surface area contributed by atoms with E-state index in [4.69, 9.17) is 9.79 Å². The molecule has 0 bridgehead atoms. The minimum Gasteiger partial charge on any atom is -0.404 e. The third-order valence-corrected chi connectivity index (χ3v) is 3.60. The summed E-state index contributed by atoms with van der Waals surface area (Å²) >= 11 is 0. The molecule has 0 unspecified atom stereocenters. The number of hydrogen-bond acceptors (Lipinski definition) is 3. The van der Waals surface area contributed by atoms with Gasteiger partial charge in [-0.2, -0.15) is 0 Å². The quantitative estimate of drug-likeness (QED) is 0.551. The summed E-state index contributed by atoms with van der Waals surface area (Å²) in [6.07, 6.45) is 0.644. The van der Waals surface area contributed by atoms with Gasteiger partial charge in [0, 0.05) is 11.3 Å². The number of carbonyl (C=O) groups is 1. The van der Waals surface area contributed by atoms with Crippen molar-refractivity contribution in [1.82, 2.24) is 0 Å². The van der Waals surface area contributed by atoms with Crippen molar-refractivity contribution in [3.8, 4) is 5.75 Å². The van der Waals surface area contributed by atoms with Crippen LogP contribution in [-0.2, 0) is 15.8 Å². The van der Waals surface area contributed by atoms with E-state index in [0.717, 1.165) is 11.1 Å². The third kappa shape index (κ3) is 5.66. The average molecular weight is 347 g/mol. The maximum Gasteiger partial charge on any atom is 0.524 e. The highest BCUT2D eigenvalue weighted by Crippen LogP contribution is 2.37. The second kappa shape index (κ2) is 7.45. The first-order valence-electron chi connectivity index (χ1n) is 7.13. The summed E-state index contributed by atoms with van der Waals surface area (Å²) in [5, 5.41) is 2.73. The molecule has 0 aliphatic rings. The molecular formula is C17H18NO5P. The molecule has 7 heteroatoms. The lowest BCUT2D eigenvalue weighted by molar-refractivity contribution is -0.112. The van der Waals surface area contributed by atoms with Crippen LogP contribution in [0.15, 0.2) is 60.7 Å². The van der Waals surface area contributed by atoms with E-state index >= 15 is 0 Å². The lowest BCUT2D eigenvalue weighted by atomic mass is 10.0. The van der Waals surface area contributed by atoms with Crippen LogP contribution in [0.3, 0.4) is 0 Å². The number of rotatable bonds is 6. The van der Waals surface area contributed by atoms with Crippen LogP contribution in [0.5, 0.6) is 5.75 Å². The zero-order chi connectivity index (χ0) is 17.7. The van der Waals surface area contributed by atoms with Crippen LogP contribution in [0.1, 0.15) is 18.1 Å². The number of carbonyl (C=O) groups excluding carboxylic acids is 1. The highest BCUT2D eigenvalue weighted by atomic mass is 31.2. The molecule has 0 heterocycles. The summed E-state index contributed by atoms with van der Waals surface area (Å²) in [4.78, 5) is 29.0. The largest absolute Gasteiger partial charge is 0.524 e. The zero-order valence-electron chi connectivity index (χ0n) is 13.1. The molecule has 0 aliphatic carbocycles. The van der Waals surface area contributed by atoms with Gasteiger partial charge in [0.25, 0.3) is 5.91 Å². The fourth-order valence-corrected chi connectivity index (χ4v) is 2.38. The molecule has 2 aromatic rings. The Labute approximate surface area is 140 Å². The summed E-state index contributed by atoms with van der Waals surface area (Å²) in [6.45, 7) is 5.23. The topological polar surface area (TPSA) is 95.9 Å². The maximum absolute atomic E-state index is 11.5. The molecule has 3 N–H and O–H groups in total. The number of phosphoric ester groups is 1. The predicted octanol–water partition coefficient (Wildman–Crippen LogP) is 3.26. The van der Waals surface area contributed by atoms with Gasteiger partial charge in [0.15, 0.2) is 0 Å². The summed E-state index contributed by atoms with van der Waals surface area (Å²) in [6, 6.07) is 13.9. The van der Waals surface area contributed by atoms with Gasteiger partial charge in [-0.1, -0.05) is 30.8 Å². The summed E-state index contributed by atoms with van der Waals surface area (Å²) in [5.41, 5.74) is 3.13. The molecule has 0 spiro atoms. The lowest BCUT2D eigenvalue weighted by Crippen LogP contribution is -2.11. The van der Waals surface area contributed by atoms with Gasteiger partial charge in [0.2, 0.25) is 0 Å². The highest BCUT2D eigenvalue weighted by molar-refractivity contribution is 7.46. The molecule has 0 atom stereocenters. The Morgan fingerprint density at radius 2 is 1.58 bits per heavy atom. The van der Waals surface area contributed by atoms with E-state index in [2.05, 4.69) is 16.4 Å². The van der Waals surface area contributed by atoms with Crippen LogP contribution in [0.2, 0.25) is 0 Å². The van der Waals surface area contributed by atoms with Crippen LogP contribution < -0.4 is 9.84 Å². The molecule has 2 aromatic carbocycles. The monoisotopic (exact) mass is 347 g/mol. The van der Waals surface area contributed by atoms with Gasteiger partial charge >= 0.3 is 7.82 Å². The van der Waals surface area contributed by atoms with Crippen molar-refractivity contribution in [3.63, 3.8) is 0 Å². The van der Waals surface area contributed by atoms with Crippen LogP contribution in [0.4, 0.5) is 5.69 Å². The van der Waals surface area contributed by atoms with Gasteiger partial charge in [-0.3, -0.25) is 14.6 Å². The minimum atomic E-state index is -4.53. The van der Waals surface area contributed by atoms with Gasteiger partial charge in [0.05, 0.1) is 0 Å². The zero-order valence-corrected chi connectivity index (χ0v) is 14.0. The molecule has 0 fully saturated rings. The molecule has 2 rings (SSSR count). The minimum absolute atomic E-state index is 0.116. The van der Waals surface area contributed by atoms with Crippen molar-refractivity contribution in [2.45, 2.75) is 13.3 Å². The molecule has 0 saturated heterocycles. The highest BCUT2D eigenvalue weighted by Gasteiger charge is 2.15. The van der Waals surface area contributed by atoms with Crippen LogP contribution in [-0.4, -0.2) is 15.7 Å². The predicted molar refractivity (Wildman–Crippen MR) is 91.8 cm³/mol. The molecule has 0 aromatic heterocycles. The third-order valence-electron chi connectivity index (χ3n) is 3.16. The summed E-state index contributed by atoms with van der Waals surface area (Å²) in [7, 11) is -4.53. The molecule has 1 amide bonds. The van der Waals surface area contributed by atoms with Gasteiger partial charge in [-0.15, -0.1) is 0 Å². The number of hydrogen-bond donors (Lipinski definition) is 3. The lowest BCUT2D eigenvalue weighted by Gasteiger charge is -2.08. The second-order valence-electron chi connectivity index (χ2n) is 5.33. The number of nitrogens with one attached hydrogen (secondary N) is 1. The van der Waals surface area contributed by atoms with Crippen molar-refractivity contribution in [2.75, 3.05) is 5.32 Å². The summed E-state index contributed by atoms with van der Waals surface area (Å²) < 4.78 is 15.3. The molecular weight excluding hydrogens is 329 g/mol. The SMILES string of the molecule is C=C(C)C(=O)Nc1ccc(Cc2ccc(OP(=O)(O)O)cc2)cc1. The Hall–Kier alpha value is -2.40. The molecule has 0 saturated carbocycles. The Balaban J connectivity index is 1.99. The van der Waals surface area contributed by atoms with E-state index in [9.17, 15) is 9.36 Å². The second-order valence-corrected chi connectivity index (χ2v) is 6.50. The van der Waals surface area contributed by atoms with Crippen LogP contribution in [0.25, 0.3) is 0 Å². The molecule has 0 radical (unpaired) electrons. The Morgan fingerprint density at radius 1 is 1.08 bits per heavy atom. The van der Waals surface area contributed by atoms with E-state index < -0.39 is 7.82 Å². The Morgan fingerprint density at radius 3 is 2.04 bits per heavy atom. The number of amides is 1. The van der Waals surface area contributed by atoms with Gasteiger partial charge in [0.1, 0.15) is 5.75 Å². The van der Waals surface area contributed by atoms with E-state index in [1.807, 2.05) is 12.1 Å². The Bertz CT molecular complexity index is 778.